The van der Waals surface area contributed by atoms with Crippen LogP contribution in [-0.2, 0) is 11.3 Å². The van der Waals surface area contributed by atoms with E-state index in [-0.39, 0.29) is 23.6 Å². The lowest BCUT2D eigenvalue weighted by molar-refractivity contribution is -0.394. The first-order chi connectivity index (χ1) is 16.3. The summed E-state index contributed by atoms with van der Waals surface area (Å²) in [7, 11) is 0. The average molecular weight is 523 g/mol. The summed E-state index contributed by atoms with van der Waals surface area (Å²) in [5, 5.41) is 34.3. The monoisotopic (exact) mass is 522 g/mol. The van der Waals surface area contributed by atoms with Crippen LogP contribution >= 0.6 is 15.9 Å². The van der Waals surface area contributed by atoms with E-state index in [1.165, 1.54) is 12.1 Å². The molecule has 3 aromatic carbocycles. The van der Waals surface area contributed by atoms with Crippen molar-refractivity contribution in [3.8, 4) is 17.6 Å². The van der Waals surface area contributed by atoms with Crippen molar-refractivity contribution in [1.82, 2.24) is 5.32 Å². The highest BCUT2D eigenvalue weighted by molar-refractivity contribution is 9.10. The van der Waals surface area contributed by atoms with Crippen LogP contribution in [0.2, 0.25) is 0 Å². The molecule has 0 unspecified atom stereocenters. The van der Waals surface area contributed by atoms with Crippen molar-refractivity contribution in [2.45, 2.75) is 6.54 Å². The quantitative estimate of drug-likeness (QED) is 0.183. The number of nitro groups is 2. The second-order valence-electron chi connectivity index (χ2n) is 6.80. The van der Waals surface area contributed by atoms with Gasteiger partial charge in [0, 0.05) is 12.6 Å². The predicted octanol–water partition coefficient (Wildman–Crippen LogP) is 5.28. The van der Waals surface area contributed by atoms with Crippen LogP contribution < -0.4 is 10.1 Å². The molecule has 1 N–H and O–H groups in total. The Balaban J connectivity index is 1.78. The highest BCUT2D eigenvalue weighted by Gasteiger charge is 2.22. The Hall–Kier alpha value is -4.56. The van der Waals surface area contributed by atoms with Crippen LogP contribution in [0.25, 0.3) is 6.08 Å². The standard InChI is InChI=1S/C23H15BrN4O6/c24-19-11-16(10-17(13-25)23(29)26-14-15-4-2-1-3-5-15)6-8-21(19)34-22-9-7-18(27(30)31)12-20(22)28(32)33/h1-12H,14H2,(H,26,29)/b17-10+. The summed E-state index contributed by atoms with van der Waals surface area (Å²) in [4.78, 5) is 33.0. The van der Waals surface area contributed by atoms with Crippen LogP contribution in [-0.4, -0.2) is 15.8 Å². The number of nitro benzene ring substituents is 2. The summed E-state index contributed by atoms with van der Waals surface area (Å²) in [6, 6.07) is 18.8. The van der Waals surface area contributed by atoms with Crippen LogP contribution in [0.3, 0.4) is 0 Å². The zero-order valence-corrected chi connectivity index (χ0v) is 18.9. The van der Waals surface area contributed by atoms with Gasteiger partial charge in [-0.1, -0.05) is 36.4 Å². The van der Waals surface area contributed by atoms with Crippen molar-refractivity contribution >= 4 is 39.3 Å². The molecule has 3 aromatic rings. The SMILES string of the molecule is N#C/C(=C\c1ccc(Oc2ccc([N+](=O)[O-])cc2[N+](=O)[O-])c(Br)c1)C(=O)NCc1ccccc1. The minimum atomic E-state index is -0.777. The lowest BCUT2D eigenvalue weighted by Crippen LogP contribution is -2.23. The summed E-state index contributed by atoms with van der Waals surface area (Å²) in [6.45, 7) is 0.267. The van der Waals surface area contributed by atoms with Crippen molar-refractivity contribution in [2.75, 3.05) is 0 Å². The summed E-state index contributed by atoms with van der Waals surface area (Å²) >= 11 is 3.30. The maximum absolute atomic E-state index is 12.4. The van der Waals surface area contributed by atoms with E-state index in [2.05, 4.69) is 21.2 Å². The van der Waals surface area contributed by atoms with E-state index >= 15 is 0 Å². The minimum absolute atomic E-state index is 0.109. The Labute approximate surface area is 201 Å². The zero-order chi connectivity index (χ0) is 24.7. The molecule has 0 spiro atoms. The summed E-state index contributed by atoms with van der Waals surface area (Å²) in [5.41, 5.74) is 0.282. The fourth-order valence-electron chi connectivity index (χ4n) is 2.85. The molecule has 0 aliphatic rings. The van der Waals surface area contributed by atoms with Gasteiger partial charge in [-0.25, -0.2) is 0 Å². The van der Waals surface area contributed by atoms with Gasteiger partial charge in [0.1, 0.15) is 17.4 Å². The minimum Gasteiger partial charge on any atom is -0.449 e. The van der Waals surface area contributed by atoms with Gasteiger partial charge in [0.2, 0.25) is 5.75 Å². The molecule has 0 fully saturated rings. The molecule has 34 heavy (non-hydrogen) atoms. The molecule has 0 radical (unpaired) electrons. The Bertz CT molecular complexity index is 1340. The number of nitriles is 1. The van der Waals surface area contributed by atoms with Crippen LogP contribution in [0, 0.1) is 31.6 Å². The van der Waals surface area contributed by atoms with Gasteiger partial charge in [0.05, 0.1) is 20.4 Å². The molecule has 1 amide bonds. The molecule has 0 bridgehead atoms. The normalized spacial score (nSPS) is 10.8. The van der Waals surface area contributed by atoms with E-state index in [9.17, 15) is 30.3 Å². The number of ether oxygens (including phenoxy) is 1. The van der Waals surface area contributed by atoms with E-state index in [1.807, 2.05) is 36.4 Å². The third-order valence-corrected chi connectivity index (χ3v) is 5.12. The number of hydrogen-bond acceptors (Lipinski definition) is 7. The topological polar surface area (TPSA) is 148 Å². The molecule has 0 atom stereocenters. The smallest absolute Gasteiger partial charge is 0.318 e. The molecule has 170 valence electrons. The lowest BCUT2D eigenvalue weighted by atomic mass is 10.1. The van der Waals surface area contributed by atoms with Gasteiger partial charge in [-0.2, -0.15) is 5.26 Å². The van der Waals surface area contributed by atoms with Gasteiger partial charge in [-0.3, -0.25) is 25.0 Å². The van der Waals surface area contributed by atoms with Crippen molar-refractivity contribution in [2.24, 2.45) is 0 Å². The molecule has 0 saturated heterocycles. The van der Waals surface area contributed by atoms with Gasteiger partial charge in [-0.15, -0.1) is 0 Å². The molecule has 0 aliphatic heterocycles. The molecule has 11 heteroatoms. The van der Waals surface area contributed by atoms with Gasteiger partial charge in [-0.05, 0) is 51.3 Å². The molecule has 10 nitrogen and oxygen atoms in total. The predicted molar refractivity (Wildman–Crippen MR) is 126 cm³/mol. The van der Waals surface area contributed by atoms with E-state index in [0.717, 1.165) is 23.8 Å². The summed E-state index contributed by atoms with van der Waals surface area (Å²) < 4.78 is 5.97. The fraction of sp³-hybridized carbons (Fsp3) is 0.0435. The molecule has 0 heterocycles. The van der Waals surface area contributed by atoms with Crippen LogP contribution in [0.5, 0.6) is 11.5 Å². The van der Waals surface area contributed by atoms with E-state index in [0.29, 0.717) is 10.0 Å². The first-order valence-corrected chi connectivity index (χ1v) is 10.4. The van der Waals surface area contributed by atoms with E-state index < -0.39 is 27.1 Å². The number of carbonyl (C=O) groups is 1. The van der Waals surface area contributed by atoms with Gasteiger partial charge in [0.25, 0.3) is 11.6 Å². The van der Waals surface area contributed by atoms with Crippen molar-refractivity contribution in [3.05, 3.63) is 108 Å². The molecule has 3 rings (SSSR count). The molecular weight excluding hydrogens is 508 g/mol. The first kappa shape index (κ1) is 24.1. The molecule has 0 saturated carbocycles. The first-order valence-electron chi connectivity index (χ1n) is 9.62. The Morgan fingerprint density at radius 2 is 1.74 bits per heavy atom. The maximum Gasteiger partial charge on any atom is 0.318 e. The molecule has 0 aliphatic carbocycles. The number of nitrogens with one attached hydrogen (secondary N) is 1. The third-order valence-electron chi connectivity index (χ3n) is 4.50. The second kappa shape index (κ2) is 10.8. The molecular formula is C23H15BrN4O6. The number of nitrogens with zero attached hydrogens (tertiary/aromatic N) is 3. The maximum atomic E-state index is 12.4. The Morgan fingerprint density at radius 1 is 1.03 bits per heavy atom. The van der Waals surface area contributed by atoms with Crippen molar-refractivity contribution in [3.63, 3.8) is 0 Å². The Kier molecular flexibility index (Phi) is 7.68. The third kappa shape index (κ3) is 6.02. The van der Waals surface area contributed by atoms with Gasteiger partial charge >= 0.3 is 5.69 Å². The largest absolute Gasteiger partial charge is 0.449 e. The van der Waals surface area contributed by atoms with E-state index in [1.54, 1.807) is 12.1 Å². The summed E-state index contributed by atoms with van der Waals surface area (Å²) in [5.74, 6) is -0.525. The Morgan fingerprint density at radius 3 is 2.35 bits per heavy atom. The number of halogens is 1. The number of amides is 1. The highest BCUT2D eigenvalue weighted by Crippen LogP contribution is 2.37. The van der Waals surface area contributed by atoms with Gasteiger partial charge < -0.3 is 10.1 Å². The van der Waals surface area contributed by atoms with Crippen molar-refractivity contribution < 1.29 is 19.4 Å². The number of carbonyl (C=O) groups excluding carboxylic acids is 1. The van der Waals surface area contributed by atoms with Crippen LogP contribution in [0.4, 0.5) is 11.4 Å². The van der Waals surface area contributed by atoms with Gasteiger partial charge in [0.15, 0.2) is 0 Å². The summed E-state index contributed by atoms with van der Waals surface area (Å²) in [6.07, 6.45) is 1.39. The lowest BCUT2D eigenvalue weighted by Gasteiger charge is -2.09. The average Bonchev–Trinajstić information content (AvgIpc) is 2.83. The van der Waals surface area contributed by atoms with Crippen molar-refractivity contribution in [1.29, 1.82) is 5.26 Å². The number of benzene rings is 3. The van der Waals surface area contributed by atoms with E-state index in [4.69, 9.17) is 4.74 Å². The fourth-order valence-corrected chi connectivity index (χ4v) is 3.32. The zero-order valence-electron chi connectivity index (χ0n) is 17.3. The van der Waals surface area contributed by atoms with Crippen LogP contribution in [0.15, 0.2) is 76.8 Å². The second-order valence-corrected chi connectivity index (χ2v) is 7.65. The van der Waals surface area contributed by atoms with Crippen LogP contribution in [0.1, 0.15) is 11.1 Å². The number of hydrogen-bond donors (Lipinski definition) is 1. The highest BCUT2D eigenvalue weighted by atomic mass is 79.9. The molecule has 0 aromatic heterocycles. The number of rotatable bonds is 8. The number of non-ortho nitro benzene ring substituents is 1.